The van der Waals surface area contributed by atoms with Gasteiger partial charge in [-0.05, 0) is 0 Å². The van der Waals surface area contributed by atoms with Crippen LogP contribution in [0.3, 0.4) is 0 Å². The Morgan fingerprint density at radius 2 is 2.10 bits per heavy atom. The summed E-state index contributed by atoms with van der Waals surface area (Å²) < 4.78 is 0. The van der Waals surface area contributed by atoms with Crippen LogP contribution in [0.5, 0.6) is 0 Å². The Hall–Kier alpha value is -0.610. The third-order valence-electron chi connectivity index (χ3n) is 1.71. The molecule has 1 aliphatic rings. The first-order chi connectivity index (χ1) is 4.70. The van der Waals surface area contributed by atoms with Crippen LogP contribution in [0.4, 0.5) is 0 Å². The van der Waals surface area contributed by atoms with Gasteiger partial charge in [0.25, 0.3) is 0 Å². The molecule has 0 bridgehead atoms. The molecule has 0 spiro atoms. The fraction of sp³-hybridized carbons (Fsp3) is 0.833. The highest BCUT2D eigenvalue weighted by Gasteiger charge is 2.14. The van der Waals surface area contributed by atoms with E-state index in [0.29, 0.717) is 6.54 Å². The van der Waals surface area contributed by atoms with Crippen LogP contribution in [0.25, 0.3) is 0 Å². The van der Waals surface area contributed by atoms with Crippen LogP contribution < -0.4 is 5.32 Å². The predicted molar refractivity (Wildman–Crippen MR) is 38.3 cm³/mol. The van der Waals surface area contributed by atoms with Gasteiger partial charge in [-0.1, -0.05) is 0 Å². The Morgan fingerprint density at radius 1 is 1.40 bits per heavy atom. The molecule has 0 unspecified atom stereocenters. The Kier molecular flexibility index (Phi) is 2.24. The quantitative estimate of drug-likeness (QED) is 0.467. The second-order valence-corrected chi connectivity index (χ2v) is 2.55. The molecular weight excluding hydrogens is 130 g/mol. The van der Waals surface area contributed by atoms with Crippen LogP contribution in [0.1, 0.15) is 0 Å². The normalized spacial score (nSPS) is 24.0. The second kappa shape index (κ2) is 2.98. The largest absolute Gasteiger partial charge is 0.354 e. The number of hydrazine groups is 1. The number of carbonyl (C=O) groups is 1. The molecular formula is C6H13N3O. The van der Waals surface area contributed by atoms with Gasteiger partial charge >= 0.3 is 0 Å². The molecule has 10 heavy (non-hydrogen) atoms. The first-order valence-electron chi connectivity index (χ1n) is 3.39. The fourth-order valence-electron chi connectivity index (χ4n) is 0.912. The molecule has 1 heterocycles. The van der Waals surface area contributed by atoms with E-state index >= 15 is 0 Å². The Bertz CT molecular complexity index is 137. The van der Waals surface area contributed by atoms with E-state index in [4.69, 9.17) is 0 Å². The molecule has 0 aromatic rings. The van der Waals surface area contributed by atoms with Gasteiger partial charge < -0.3 is 5.32 Å². The minimum Gasteiger partial charge on any atom is -0.354 e. The van der Waals surface area contributed by atoms with Crippen molar-refractivity contribution in [3.05, 3.63) is 0 Å². The molecule has 0 aromatic carbocycles. The van der Waals surface area contributed by atoms with E-state index in [9.17, 15) is 4.79 Å². The lowest BCUT2D eigenvalue weighted by atomic mass is 10.5. The summed E-state index contributed by atoms with van der Waals surface area (Å²) in [6.45, 7) is 2.11. The molecule has 0 radical (unpaired) electrons. The maximum Gasteiger partial charge on any atom is 0.235 e. The maximum absolute atomic E-state index is 10.9. The van der Waals surface area contributed by atoms with E-state index in [1.807, 2.05) is 24.1 Å². The van der Waals surface area contributed by atoms with Gasteiger partial charge in [-0.25, -0.2) is 10.0 Å². The summed E-state index contributed by atoms with van der Waals surface area (Å²) in [6, 6.07) is 0. The Morgan fingerprint density at radius 3 is 2.80 bits per heavy atom. The first kappa shape index (κ1) is 7.50. The number of carbonyl (C=O) groups excluding carboxylic acids is 1. The van der Waals surface area contributed by atoms with Gasteiger partial charge in [0.15, 0.2) is 0 Å². The summed E-state index contributed by atoms with van der Waals surface area (Å²) in [5.41, 5.74) is 0. The van der Waals surface area contributed by atoms with Crippen molar-refractivity contribution >= 4 is 5.91 Å². The predicted octanol–water partition coefficient (Wildman–Crippen LogP) is -1.11. The number of amides is 1. The molecule has 58 valence electrons. The molecule has 1 rings (SSSR count). The van der Waals surface area contributed by atoms with Gasteiger partial charge in [0, 0.05) is 27.2 Å². The number of nitrogens with one attached hydrogen (secondary N) is 1. The van der Waals surface area contributed by atoms with Gasteiger partial charge in [0.2, 0.25) is 5.91 Å². The molecule has 1 saturated heterocycles. The zero-order valence-electron chi connectivity index (χ0n) is 6.42. The van der Waals surface area contributed by atoms with Crippen LogP contribution >= 0.6 is 0 Å². The van der Waals surface area contributed by atoms with E-state index in [2.05, 4.69) is 5.32 Å². The molecule has 1 N–H and O–H groups in total. The minimum absolute atomic E-state index is 0.104. The number of hydrogen-bond donors (Lipinski definition) is 1. The highest BCUT2D eigenvalue weighted by Crippen LogP contribution is 1.92. The summed E-state index contributed by atoms with van der Waals surface area (Å²) in [5.74, 6) is 0.104. The Labute approximate surface area is 60.8 Å². The standard InChI is InChI=1S/C6H13N3O/c1-8-4-3-7-6(10)5-9(8)2/h3-5H2,1-2H3,(H,7,10). The van der Waals surface area contributed by atoms with Gasteiger partial charge in [-0.3, -0.25) is 4.79 Å². The van der Waals surface area contributed by atoms with Gasteiger partial charge in [-0.15, -0.1) is 0 Å². The summed E-state index contributed by atoms with van der Waals surface area (Å²) in [6.07, 6.45) is 0. The average Bonchev–Trinajstić information content (AvgIpc) is 1.96. The zero-order valence-corrected chi connectivity index (χ0v) is 6.42. The summed E-state index contributed by atoms with van der Waals surface area (Å²) in [7, 11) is 3.88. The van der Waals surface area contributed by atoms with E-state index in [1.54, 1.807) is 0 Å². The van der Waals surface area contributed by atoms with Gasteiger partial charge in [0.05, 0.1) is 6.54 Å². The van der Waals surface area contributed by atoms with E-state index in [-0.39, 0.29) is 5.91 Å². The first-order valence-corrected chi connectivity index (χ1v) is 3.39. The third kappa shape index (κ3) is 1.68. The van der Waals surface area contributed by atoms with Crippen molar-refractivity contribution in [3.8, 4) is 0 Å². The van der Waals surface area contributed by atoms with Crippen molar-refractivity contribution in [1.82, 2.24) is 15.3 Å². The summed E-state index contributed by atoms with van der Waals surface area (Å²) in [4.78, 5) is 10.9. The van der Waals surface area contributed by atoms with Crippen molar-refractivity contribution in [2.45, 2.75) is 0 Å². The lowest BCUT2D eigenvalue weighted by molar-refractivity contribution is -0.123. The molecule has 4 nitrogen and oxygen atoms in total. The minimum atomic E-state index is 0.104. The van der Waals surface area contributed by atoms with Gasteiger partial charge in [-0.2, -0.15) is 0 Å². The lowest BCUT2D eigenvalue weighted by Gasteiger charge is -2.23. The molecule has 1 aliphatic heterocycles. The second-order valence-electron chi connectivity index (χ2n) is 2.55. The van der Waals surface area contributed by atoms with Crippen LogP contribution in [-0.2, 0) is 4.79 Å². The highest BCUT2D eigenvalue weighted by molar-refractivity contribution is 5.78. The average molecular weight is 143 g/mol. The molecule has 4 heteroatoms. The van der Waals surface area contributed by atoms with E-state index in [1.165, 1.54) is 0 Å². The van der Waals surface area contributed by atoms with Crippen LogP contribution in [-0.4, -0.2) is 49.7 Å². The smallest absolute Gasteiger partial charge is 0.235 e. The molecule has 1 fully saturated rings. The summed E-state index contributed by atoms with van der Waals surface area (Å²) >= 11 is 0. The monoisotopic (exact) mass is 143 g/mol. The van der Waals surface area contributed by atoms with Crippen LogP contribution in [0.15, 0.2) is 0 Å². The summed E-state index contributed by atoms with van der Waals surface area (Å²) in [5, 5.41) is 6.71. The number of likely N-dealkylation sites (N-methyl/N-ethyl adjacent to an activating group) is 2. The fourth-order valence-corrected chi connectivity index (χ4v) is 0.912. The van der Waals surface area contributed by atoms with Crippen molar-refractivity contribution in [2.75, 3.05) is 33.7 Å². The van der Waals surface area contributed by atoms with Crippen LogP contribution in [0, 0.1) is 0 Å². The Balaban J connectivity index is 2.49. The number of rotatable bonds is 0. The number of nitrogens with zero attached hydrogens (tertiary/aromatic N) is 2. The molecule has 0 saturated carbocycles. The molecule has 0 atom stereocenters. The zero-order chi connectivity index (χ0) is 7.56. The van der Waals surface area contributed by atoms with E-state index in [0.717, 1.165) is 13.1 Å². The third-order valence-corrected chi connectivity index (χ3v) is 1.71. The lowest BCUT2D eigenvalue weighted by Crippen LogP contribution is -2.38. The van der Waals surface area contributed by atoms with Crippen molar-refractivity contribution < 1.29 is 4.79 Å². The van der Waals surface area contributed by atoms with Crippen LogP contribution in [0.2, 0.25) is 0 Å². The van der Waals surface area contributed by atoms with E-state index < -0.39 is 0 Å². The van der Waals surface area contributed by atoms with Crippen molar-refractivity contribution in [1.29, 1.82) is 0 Å². The van der Waals surface area contributed by atoms with Gasteiger partial charge in [0.1, 0.15) is 0 Å². The van der Waals surface area contributed by atoms with Crippen molar-refractivity contribution in [2.24, 2.45) is 0 Å². The molecule has 0 aromatic heterocycles. The highest BCUT2D eigenvalue weighted by atomic mass is 16.2. The van der Waals surface area contributed by atoms with Crippen molar-refractivity contribution in [3.63, 3.8) is 0 Å². The topological polar surface area (TPSA) is 35.6 Å². The maximum atomic E-state index is 10.9. The molecule has 1 amide bonds. The number of hydrogen-bond acceptors (Lipinski definition) is 3. The molecule has 0 aliphatic carbocycles. The SMILES string of the molecule is CN1CCNC(=O)CN1C.